The summed E-state index contributed by atoms with van der Waals surface area (Å²) in [5.74, 6) is -1.03. The molecule has 0 aliphatic rings. The highest BCUT2D eigenvalue weighted by Crippen LogP contribution is 2.10. The van der Waals surface area contributed by atoms with Gasteiger partial charge in [-0.25, -0.2) is 9.48 Å². The van der Waals surface area contributed by atoms with E-state index in [1.54, 1.807) is 12.1 Å². The molecule has 6 heteroatoms. The van der Waals surface area contributed by atoms with Crippen LogP contribution < -0.4 is 0 Å². The monoisotopic (exact) mass is 217 g/mol. The Kier molecular flexibility index (Phi) is 2.47. The molecule has 0 radical (unpaired) electrons. The Morgan fingerprint density at radius 2 is 2.25 bits per heavy atom. The Hall–Kier alpha value is -2.50. The molecule has 1 aromatic heterocycles. The first-order valence-corrected chi connectivity index (χ1v) is 4.42. The lowest BCUT2D eigenvalue weighted by Crippen LogP contribution is -2.04. The number of hydrogen-bond donors (Lipinski definition) is 1. The van der Waals surface area contributed by atoms with Gasteiger partial charge >= 0.3 is 5.97 Å². The van der Waals surface area contributed by atoms with Crippen LogP contribution in [0.25, 0.3) is 5.69 Å². The van der Waals surface area contributed by atoms with Crippen LogP contribution in [0.15, 0.2) is 30.5 Å². The first kappa shape index (κ1) is 10.0. The lowest BCUT2D eigenvalue weighted by Gasteiger charge is -2.02. The molecule has 0 aliphatic heterocycles. The van der Waals surface area contributed by atoms with Crippen LogP contribution in [0.5, 0.6) is 0 Å². The third-order valence-electron chi connectivity index (χ3n) is 2.03. The maximum absolute atomic E-state index is 10.8. The molecule has 1 N–H and O–H groups in total. The van der Waals surface area contributed by atoms with E-state index >= 15 is 0 Å². The normalized spacial score (nSPS) is 10.0. The largest absolute Gasteiger partial charge is 0.478 e. The van der Waals surface area contributed by atoms with Gasteiger partial charge in [0, 0.05) is 0 Å². The molecule has 1 aromatic carbocycles. The number of rotatable bonds is 3. The Morgan fingerprint density at radius 3 is 2.94 bits per heavy atom. The van der Waals surface area contributed by atoms with Crippen molar-refractivity contribution in [1.29, 1.82) is 0 Å². The SMILES string of the molecule is O=Cc1cnnn1-c1cccc(C(=O)O)c1. The highest BCUT2D eigenvalue weighted by atomic mass is 16.4. The highest BCUT2D eigenvalue weighted by Gasteiger charge is 2.08. The van der Waals surface area contributed by atoms with Crippen molar-refractivity contribution in [2.24, 2.45) is 0 Å². The van der Waals surface area contributed by atoms with Gasteiger partial charge in [-0.05, 0) is 18.2 Å². The van der Waals surface area contributed by atoms with Gasteiger partial charge < -0.3 is 5.11 Å². The minimum absolute atomic E-state index is 0.129. The van der Waals surface area contributed by atoms with E-state index in [-0.39, 0.29) is 11.3 Å². The van der Waals surface area contributed by atoms with E-state index in [1.165, 1.54) is 23.0 Å². The Bertz CT molecular complexity index is 548. The lowest BCUT2D eigenvalue weighted by molar-refractivity contribution is 0.0696. The summed E-state index contributed by atoms with van der Waals surface area (Å²) < 4.78 is 1.28. The number of carbonyl (C=O) groups is 2. The number of carboxylic acids is 1. The van der Waals surface area contributed by atoms with E-state index in [9.17, 15) is 9.59 Å². The molecule has 0 unspecified atom stereocenters. The van der Waals surface area contributed by atoms with Crippen LogP contribution in [0.3, 0.4) is 0 Å². The number of hydrogen-bond acceptors (Lipinski definition) is 4. The van der Waals surface area contributed by atoms with Crippen LogP contribution in [-0.2, 0) is 0 Å². The molecule has 0 atom stereocenters. The molecule has 0 saturated carbocycles. The number of aromatic carboxylic acids is 1. The second-order valence-electron chi connectivity index (χ2n) is 3.04. The molecule has 2 aromatic rings. The van der Waals surface area contributed by atoms with Gasteiger partial charge in [0.2, 0.25) is 0 Å². The summed E-state index contributed by atoms with van der Waals surface area (Å²) in [7, 11) is 0. The second-order valence-corrected chi connectivity index (χ2v) is 3.04. The maximum Gasteiger partial charge on any atom is 0.335 e. The standard InChI is InChI=1S/C10H7N3O3/c14-6-9-5-11-12-13(9)8-3-1-2-7(4-8)10(15)16/h1-6H,(H,15,16). The molecule has 2 rings (SSSR count). The zero-order chi connectivity index (χ0) is 11.5. The molecular formula is C10H7N3O3. The van der Waals surface area contributed by atoms with Gasteiger partial charge in [-0.15, -0.1) is 5.10 Å². The summed E-state index contributed by atoms with van der Waals surface area (Å²) in [4.78, 5) is 21.4. The van der Waals surface area contributed by atoms with Gasteiger partial charge in [0.15, 0.2) is 6.29 Å². The molecule has 0 spiro atoms. The van der Waals surface area contributed by atoms with Gasteiger partial charge in [-0.1, -0.05) is 11.3 Å². The van der Waals surface area contributed by atoms with Crippen molar-refractivity contribution in [1.82, 2.24) is 15.0 Å². The van der Waals surface area contributed by atoms with E-state index in [2.05, 4.69) is 10.3 Å². The number of carbonyl (C=O) groups excluding carboxylic acids is 1. The molecule has 1 heterocycles. The van der Waals surface area contributed by atoms with Crippen molar-refractivity contribution in [3.8, 4) is 5.69 Å². The maximum atomic E-state index is 10.8. The van der Waals surface area contributed by atoms with Crippen molar-refractivity contribution in [3.63, 3.8) is 0 Å². The zero-order valence-electron chi connectivity index (χ0n) is 8.07. The number of aldehydes is 1. The van der Waals surface area contributed by atoms with Crippen molar-refractivity contribution >= 4 is 12.3 Å². The molecule has 16 heavy (non-hydrogen) atoms. The molecular weight excluding hydrogens is 210 g/mol. The molecule has 0 fully saturated rings. The Balaban J connectivity index is 2.52. The highest BCUT2D eigenvalue weighted by molar-refractivity contribution is 5.88. The average molecular weight is 217 g/mol. The first-order valence-electron chi connectivity index (χ1n) is 4.42. The number of nitrogens with zero attached hydrogens (tertiary/aromatic N) is 3. The van der Waals surface area contributed by atoms with Crippen LogP contribution in [0.2, 0.25) is 0 Å². The van der Waals surface area contributed by atoms with E-state index in [0.29, 0.717) is 12.0 Å². The van der Waals surface area contributed by atoms with Crippen molar-refractivity contribution in [3.05, 3.63) is 41.7 Å². The van der Waals surface area contributed by atoms with E-state index in [4.69, 9.17) is 5.11 Å². The summed E-state index contributed by atoms with van der Waals surface area (Å²) in [5.41, 5.74) is 0.881. The smallest absolute Gasteiger partial charge is 0.335 e. The molecule has 0 amide bonds. The summed E-state index contributed by atoms with van der Waals surface area (Å²) in [6.45, 7) is 0. The van der Waals surface area contributed by atoms with Gasteiger partial charge in [0.05, 0.1) is 17.4 Å². The van der Waals surface area contributed by atoms with E-state index < -0.39 is 5.97 Å². The second kappa shape index (κ2) is 3.93. The van der Waals surface area contributed by atoms with Crippen molar-refractivity contribution in [2.45, 2.75) is 0 Å². The first-order chi connectivity index (χ1) is 7.72. The van der Waals surface area contributed by atoms with Gasteiger partial charge in [-0.3, -0.25) is 4.79 Å². The van der Waals surface area contributed by atoms with Gasteiger partial charge in [-0.2, -0.15) is 0 Å². The van der Waals surface area contributed by atoms with E-state index in [0.717, 1.165) is 0 Å². The molecule has 0 saturated heterocycles. The molecule has 80 valence electrons. The fourth-order valence-corrected chi connectivity index (χ4v) is 1.29. The van der Waals surface area contributed by atoms with Crippen LogP contribution in [0.1, 0.15) is 20.8 Å². The zero-order valence-corrected chi connectivity index (χ0v) is 8.07. The third-order valence-corrected chi connectivity index (χ3v) is 2.03. The van der Waals surface area contributed by atoms with Crippen LogP contribution in [0, 0.1) is 0 Å². The van der Waals surface area contributed by atoms with Crippen LogP contribution >= 0.6 is 0 Å². The summed E-state index contributed by atoms with van der Waals surface area (Å²) >= 11 is 0. The minimum atomic E-state index is -1.03. The summed E-state index contributed by atoms with van der Waals surface area (Å²) in [6.07, 6.45) is 1.91. The van der Waals surface area contributed by atoms with Crippen LogP contribution in [0.4, 0.5) is 0 Å². The molecule has 0 aliphatic carbocycles. The van der Waals surface area contributed by atoms with Gasteiger partial charge in [0.1, 0.15) is 5.69 Å². The van der Waals surface area contributed by atoms with Crippen molar-refractivity contribution in [2.75, 3.05) is 0 Å². The number of benzene rings is 1. The topological polar surface area (TPSA) is 85.1 Å². The van der Waals surface area contributed by atoms with Crippen molar-refractivity contribution < 1.29 is 14.7 Å². The Labute approximate surface area is 90.1 Å². The fourth-order valence-electron chi connectivity index (χ4n) is 1.29. The molecule has 0 bridgehead atoms. The van der Waals surface area contributed by atoms with E-state index in [1.807, 2.05) is 0 Å². The number of carboxylic acid groups (broad SMARTS) is 1. The lowest BCUT2D eigenvalue weighted by atomic mass is 10.2. The minimum Gasteiger partial charge on any atom is -0.478 e. The quantitative estimate of drug-likeness (QED) is 0.768. The number of aromatic nitrogens is 3. The van der Waals surface area contributed by atoms with Gasteiger partial charge in [0.25, 0.3) is 0 Å². The average Bonchev–Trinajstić information content (AvgIpc) is 2.77. The molecule has 6 nitrogen and oxygen atoms in total. The summed E-state index contributed by atoms with van der Waals surface area (Å²) in [5, 5.41) is 16.1. The predicted octanol–water partition coefficient (Wildman–Crippen LogP) is 0.778. The predicted molar refractivity (Wildman–Crippen MR) is 53.7 cm³/mol. The third kappa shape index (κ3) is 1.68. The fraction of sp³-hybridized carbons (Fsp3) is 0. The Morgan fingerprint density at radius 1 is 1.44 bits per heavy atom. The van der Waals surface area contributed by atoms with Crippen LogP contribution in [-0.4, -0.2) is 32.4 Å². The summed E-state index contributed by atoms with van der Waals surface area (Å²) in [6, 6.07) is 6.11.